The lowest BCUT2D eigenvalue weighted by Crippen LogP contribution is -2.42. The second-order valence-corrected chi connectivity index (χ2v) is 5.73. The first kappa shape index (κ1) is 16.3. The fourth-order valence-electron chi connectivity index (χ4n) is 2.56. The first-order chi connectivity index (χ1) is 9.11. The predicted molar refractivity (Wildman–Crippen MR) is 81.6 cm³/mol. The maximum Gasteiger partial charge on any atom is 0.193 e. The highest BCUT2D eigenvalue weighted by Gasteiger charge is 2.29. The molecule has 0 radical (unpaired) electrons. The van der Waals surface area contributed by atoms with Gasteiger partial charge in [0.25, 0.3) is 0 Å². The Bertz CT molecular complexity index is 273. The fourth-order valence-corrected chi connectivity index (χ4v) is 2.56. The number of unbranched alkanes of at least 4 members (excludes halogenated alkanes) is 1. The number of rotatable bonds is 6. The Morgan fingerprint density at radius 3 is 2.53 bits per heavy atom. The van der Waals surface area contributed by atoms with E-state index in [1.54, 1.807) is 0 Å². The van der Waals surface area contributed by atoms with Gasteiger partial charge in [0.15, 0.2) is 5.96 Å². The van der Waals surface area contributed by atoms with E-state index in [0.717, 1.165) is 44.7 Å². The molecule has 1 aliphatic carbocycles. The molecule has 0 bridgehead atoms. The third-order valence-corrected chi connectivity index (χ3v) is 3.85. The van der Waals surface area contributed by atoms with Crippen molar-refractivity contribution in [3.63, 3.8) is 0 Å². The van der Waals surface area contributed by atoms with E-state index >= 15 is 0 Å². The number of nitrogens with one attached hydrogen (secondary N) is 1. The largest absolute Gasteiger partial charge is 0.388 e. The van der Waals surface area contributed by atoms with Crippen molar-refractivity contribution in [1.29, 1.82) is 0 Å². The monoisotopic (exact) mass is 269 g/mol. The van der Waals surface area contributed by atoms with Gasteiger partial charge in [0.1, 0.15) is 0 Å². The van der Waals surface area contributed by atoms with E-state index in [-0.39, 0.29) is 0 Å². The molecule has 112 valence electrons. The van der Waals surface area contributed by atoms with E-state index in [2.05, 4.69) is 36.1 Å². The van der Waals surface area contributed by atoms with Crippen LogP contribution in [0.4, 0.5) is 0 Å². The molecule has 1 saturated carbocycles. The Hall–Kier alpha value is -0.770. The second kappa shape index (κ2) is 8.41. The Labute approximate surface area is 118 Å². The zero-order valence-electron chi connectivity index (χ0n) is 12.9. The average molecular weight is 269 g/mol. The van der Waals surface area contributed by atoms with Crippen LogP contribution in [0.1, 0.15) is 58.8 Å². The van der Waals surface area contributed by atoms with Crippen LogP contribution in [0, 0.1) is 0 Å². The molecular weight excluding hydrogens is 238 g/mol. The smallest absolute Gasteiger partial charge is 0.193 e. The summed E-state index contributed by atoms with van der Waals surface area (Å²) in [6.07, 6.45) is 7.67. The van der Waals surface area contributed by atoms with E-state index < -0.39 is 5.60 Å². The summed E-state index contributed by atoms with van der Waals surface area (Å²) in [7, 11) is 2.07. The van der Waals surface area contributed by atoms with Gasteiger partial charge in [-0.15, -0.1) is 0 Å². The van der Waals surface area contributed by atoms with E-state index in [1.807, 2.05) is 0 Å². The molecule has 19 heavy (non-hydrogen) atoms. The van der Waals surface area contributed by atoms with Gasteiger partial charge in [0.2, 0.25) is 0 Å². The summed E-state index contributed by atoms with van der Waals surface area (Å²) in [5.41, 5.74) is -0.565. The van der Waals surface area contributed by atoms with Crippen LogP contribution >= 0.6 is 0 Å². The third kappa shape index (κ3) is 5.81. The highest BCUT2D eigenvalue weighted by molar-refractivity contribution is 5.79. The molecule has 1 fully saturated rings. The lowest BCUT2D eigenvalue weighted by atomic mass is 9.85. The van der Waals surface area contributed by atoms with E-state index in [9.17, 15) is 5.11 Å². The first-order valence-corrected chi connectivity index (χ1v) is 7.83. The molecule has 2 N–H and O–H groups in total. The number of aliphatic hydroxyl groups is 1. The summed E-state index contributed by atoms with van der Waals surface area (Å²) in [6, 6.07) is 0. The van der Waals surface area contributed by atoms with Gasteiger partial charge in [-0.05, 0) is 26.2 Å². The van der Waals surface area contributed by atoms with Crippen LogP contribution < -0.4 is 5.32 Å². The number of nitrogens with zero attached hydrogens (tertiary/aromatic N) is 2. The van der Waals surface area contributed by atoms with Gasteiger partial charge in [0, 0.05) is 20.1 Å². The maximum absolute atomic E-state index is 10.5. The molecule has 1 aliphatic rings. The molecule has 0 unspecified atom stereocenters. The van der Waals surface area contributed by atoms with Crippen LogP contribution in [0.15, 0.2) is 4.99 Å². The number of hydrogen-bond acceptors (Lipinski definition) is 2. The molecule has 0 saturated heterocycles. The molecule has 0 aromatic carbocycles. The van der Waals surface area contributed by atoms with Crippen molar-refractivity contribution in [1.82, 2.24) is 10.2 Å². The van der Waals surface area contributed by atoms with Gasteiger partial charge in [0.05, 0.1) is 12.1 Å². The number of hydrogen-bond donors (Lipinski definition) is 2. The summed E-state index contributed by atoms with van der Waals surface area (Å²) < 4.78 is 0. The minimum Gasteiger partial charge on any atom is -0.388 e. The molecule has 0 aliphatic heterocycles. The Balaban J connectivity index is 2.55. The molecule has 1 rings (SSSR count). The number of guanidine groups is 1. The van der Waals surface area contributed by atoms with Gasteiger partial charge >= 0.3 is 0 Å². The molecule has 0 spiro atoms. The molecule has 0 amide bonds. The molecule has 0 atom stereocenters. The van der Waals surface area contributed by atoms with Crippen molar-refractivity contribution in [2.75, 3.05) is 26.7 Å². The van der Waals surface area contributed by atoms with Gasteiger partial charge in [-0.2, -0.15) is 0 Å². The standard InChI is InChI=1S/C15H31N3O/c1-4-6-12-18(3)14(16-5-2)17-13-15(19)10-8-7-9-11-15/h19H,4-13H2,1-3H3,(H,16,17). The maximum atomic E-state index is 10.5. The third-order valence-electron chi connectivity index (χ3n) is 3.85. The zero-order valence-corrected chi connectivity index (χ0v) is 12.9. The quantitative estimate of drug-likeness (QED) is 0.575. The van der Waals surface area contributed by atoms with Crippen LogP contribution in [-0.4, -0.2) is 48.2 Å². The van der Waals surface area contributed by atoms with Crippen LogP contribution in [0.2, 0.25) is 0 Å². The van der Waals surface area contributed by atoms with Crippen molar-refractivity contribution in [2.45, 2.75) is 64.4 Å². The highest BCUT2D eigenvalue weighted by atomic mass is 16.3. The fraction of sp³-hybridized carbons (Fsp3) is 0.933. The van der Waals surface area contributed by atoms with Crippen molar-refractivity contribution in [2.24, 2.45) is 4.99 Å². The van der Waals surface area contributed by atoms with Crippen LogP contribution in [0.5, 0.6) is 0 Å². The number of aliphatic imine (C=N–C) groups is 1. The van der Waals surface area contributed by atoms with Crippen LogP contribution in [0.3, 0.4) is 0 Å². The van der Waals surface area contributed by atoms with Crippen molar-refractivity contribution < 1.29 is 5.11 Å². The minimum absolute atomic E-state index is 0.534. The van der Waals surface area contributed by atoms with Crippen molar-refractivity contribution in [3.05, 3.63) is 0 Å². The van der Waals surface area contributed by atoms with Gasteiger partial charge in [-0.3, -0.25) is 4.99 Å². The Morgan fingerprint density at radius 2 is 1.95 bits per heavy atom. The SMILES string of the molecule is CCCCN(C)C(=NCC1(O)CCCCC1)NCC. The topological polar surface area (TPSA) is 47.9 Å². The Morgan fingerprint density at radius 1 is 1.26 bits per heavy atom. The van der Waals surface area contributed by atoms with Crippen LogP contribution in [-0.2, 0) is 0 Å². The van der Waals surface area contributed by atoms with Crippen molar-refractivity contribution >= 4 is 5.96 Å². The van der Waals surface area contributed by atoms with Crippen LogP contribution in [0.25, 0.3) is 0 Å². The summed E-state index contributed by atoms with van der Waals surface area (Å²) in [5.74, 6) is 0.926. The van der Waals surface area contributed by atoms with Gasteiger partial charge in [-0.1, -0.05) is 32.6 Å². The van der Waals surface area contributed by atoms with Gasteiger partial charge < -0.3 is 15.3 Å². The molecule has 4 heteroatoms. The van der Waals surface area contributed by atoms with E-state index in [4.69, 9.17) is 0 Å². The highest BCUT2D eigenvalue weighted by Crippen LogP contribution is 2.28. The first-order valence-electron chi connectivity index (χ1n) is 7.83. The van der Waals surface area contributed by atoms with E-state index in [1.165, 1.54) is 19.3 Å². The van der Waals surface area contributed by atoms with E-state index in [0.29, 0.717) is 6.54 Å². The molecule has 0 aromatic heterocycles. The predicted octanol–water partition coefficient (Wildman–Crippen LogP) is 2.38. The normalized spacial score (nSPS) is 19.3. The summed E-state index contributed by atoms with van der Waals surface area (Å²) in [4.78, 5) is 6.81. The Kier molecular flexibility index (Phi) is 7.21. The minimum atomic E-state index is -0.565. The summed E-state index contributed by atoms with van der Waals surface area (Å²) in [5, 5.41) is 13.8. The lowest BCUT2D eigenvalue weighted by Gasteiger charge is -2.31. The van der Waals surface area contributed by atoms with Gasteiger partial charge in [-0.25, -0.2) is 0 Å². The average Bonchev–Trinajstić information content (AvgIpc) is 2.41. The molecule has 4 nitrogen and oxygen atoms in total. The molecular formula is C15H31N3O. The van der Waals surface area contributed by atoms with Crippen molar-refractivity contribution in [3.8, 4) is 0 Å². The summed E-state index contributed by atoms with van der Waals surface area (Å²) >= 11 is 0. The lowest BCUT2D eigenvalue weighted by molar-refractivity contribution is 0.0130. The molecule has 0 aromatic rings. The molecule has 0 heterocycles. The summed E-state index contributed by atoms with van der Waals surface area (Å²) in [6.45, 7) is 6.70. The second-order valence-electron chi connectivity index (χ2n) is 5.73. The zero-order chi connectivity index (χ0) is 14.1.